The molecule has 24 heavy (non-hydrogen) atoms. The molecule has 0 bridgehead atoms. The van der Waals surface area contributed by atoms with Crippen molar-refractivity contribution in [1.29, 1.82) is 0 Å². The third kappa shape index (κ3) is 4.13. The summed E-state index contributed by atoms with van der Waals surface area (Å²) in [6.07, 6.45) is 3.00. The van der Waals surface area contributed by atoms with E-state index in [0.29, 0.717) is 29.4 Å². The molecular formula is C19H19FO4. The van der Waals surface area contributed by atoms with E-state index < -0.39 is 5.82 Å². The second kappa shape index (κ2) is 8.15. The molecule has 0 fully saturated rings. The van der Waals surface area contributed by atoms with Gasteiger partial charge in [-0.1, -0.05) is 18.2 Å². The summed E-state index contributed by atoms with van der Waals surface area (Å²) >= 11 is 0. The van der Waals surface area contributed by atoms with Crippen molar-refractivity contribution in [2.24, 2.45) is 0 Å². The average Bonchev–Trinajstić information content (AvgIpc) is 2.60. The van der Waals surface area contributed by atoms with E-state index in [9.17, 15) is 9.18 Å². The van der Waals surface area contributed by atoms with Crippen LogP contribution in [0.15, 0.2) is 42.5 Å². The molecule has 0 spiro atoms. The highest BCUT2D eigenvalue weighted by Crippen LogP contribution is 2.38. The molecule has 0 aromatic heterocycles. The number of ether oxygens (including phenoxy) is 3. The molecule has 0 amide bonds. The van der Waals surface area contributed by atoms with Gasteiger partial charge >= 0.3 is 0 Å². The molecule has 0 saturated carbocycles. The maximum absolute atomic E-state index is 13.2. The third-order valence-corrected chi connectivity index (χ3v) is 3.31. The van der Waals surface area contributed by atoms with Crippen molar-refractivity contribution in [3.05, 3.63) is 59.4 Å². The summed E-state index contributed by atoms with van der Waals surface area (Å²) in [6.45, 7) is 2.34. The van der Waals surface area contributed by atoms with Crippen LogP contribution >= 0.6 is 0 Å². The Kier molecular flexibility index (Phi) is 5.95. The van der Waals surface area contributed by atoms with Crippen molar-refractivity contribution >= 4 is 11.9 Å². The number of benzene rings is 2. The first kappa shape index (κ1) is 17.5. The SMILES string of the molecule is CCOc1c(OC)cc(/C=C/C(=O)c2cccc(F)c2)cc1OC. The zero-order valence-electron chi connectivity index (χ0n) is 13.8. The van der Waals surface area contributed by atoms with E-state index in [2.05, 4.69) is 0 Å². The van der Waals surface area contributed by atoms with Gasteiger partial charge in [-0.3, -0.25) is 4.79 Å². The molecule has 2 aromatic rings. The van der Waals surface area contributed by atoms with Crippen molar-refractivity contribution < 1.29 is 23.4 Å². The number of allylic oxidation sites excluding steroid dienone is 1. The fraction of sp³-hybridized carbons (Fsp3) is 0.211. The predicted octanol–water partition coefficient (Wildman–Crippen LogP) is 4.14. The smallest absolute Gasteiger partial charge is 0.203 e. The van der Waals surface area contributed by atoms with Crippen molar-refractivity contribution in [2.45, 2.75) is 6.92 Å². The first-order valence-corrected chi connectivity index (χ1v) is 7.45. The van der Waals surface area contributed by atoms with Crippen molar-refractivity contribution in [1.82, 2.24) is 0 Å². The van der Waals surface area contributed by atoms with Gasteiger partial charge in [0.05, 0.1) is 20.8 Å². The van der Waals surface area contributed by atoms with Crippen molar-refractivity contribution in [3.63, 3.8) is 0 Å². The van der Waals surface area contributed by atoms with Gasteiger partial charge in [-0.15, -0.1) is 0 Å². The lowest BCUT2D eigenvalue weighted by Crippen LogP contribution is -1.99. The van der Waals surface area contributed by atoms with E-state index in [1.165, 1.54) is 38.5 Å². The van der Waals surface area contributed by atoms with Crippen LogP contribution in [0.5, 0.6) is 17.2 Å². The Morgan fingerprint density at radius 2 is 1.79 bits per heavy atom. The molecule has 4 nitrogen and oxygen atoms in total. The molecule has 0 heterocycles. The summed E-state index contributed by atoms with van der Waals surface area (Å²) in [5.41, 5.74) is 0.994. The van der Waals surface area contributed by atoms with Crippen LogP contribution in [0.2, 0.25) is 0 Å². The first-order chi connectivity index (χ1) is 11.6. The third-order valence-electron chi connectivity index (χ3n) is 3.31. The number of halogens is 1. The molecule has 0 saturated heterocycles. The van der Waals surface area contributed by atoms with Gasteiger partial charge in [-0.25, -0.2) is 4.39 Å². The highest BCUT2D eigenvalue weighted by Gasteiger charge is 2.13. The Labute approximate surface area is 140 Å². The maximum atomic E-state index is 13.2. The maximum Gasteiger partial charge on any atom is 0.203 e. The number of carbonyl (C=O) groups excluding carboxylic acids is 1. The van der Waals surface area contributed by atoms with Crippen LogP contribution in [-0.4, -0.2) is 26.6 Å². The van der Waals surface area contributed by atoms with E-state index in [0.717, 1.165) is 0 Å². The first-order valence-electron chi connectivity index (χ1n) is 7.45. The lowest BCUT2D eigenvalue weighted by Gasteiger charge is -2.14. The van der Waals surface area contributed by atoms with E-state index in [-0.39, 0.29) is 11.3 Å². The number of carbonyl (C=O) groups is 1. The van der Waals surface area contributed by atoms with Crippen LogP contribution in [0.1, 0.15) is 22.8 Å². The second-order valence-corrected chi connectivity index (χ2v) is 4.90. The van der Waals surface area contributed by atoms with Crippen LogP contribution in [-0.2, 0) is 0 Å². The molecule has 0 aliphatic heterocycles. The molecule has 0 aliphatic carbocycles. The van der Waals surface area contributed by atoms with Crippen molar-refractivity contribution in [3.8, 4) is 17.2 Å². The standard InChI is InChI=1S/C19H19FO4/c1-4-24-19-17(22-2)10-13(11-18(19)23-3)8-9-16(21)14-6-5-7-15(20)12-14/h5-12H,4H2,1-3H3/b9-8+. The Morgan fingerprint density at radius 1 is 1.12 bits per heavy atom. The van der Waals surface area contributed by atoms with Crippen LogP contribution in [0.3, 0.4) is 0 Å². The van der Waals surface area contributed by atoms with Gasteiger partial charge in [0, 0.05) is 5.56 Å². The zero-order chi connectivity index (χ0) is 17.5. The number of hydrogen-bond acceptors (Lipinski definition) is 4. The van der Waals surface area contributed by atoms with Gasteiger partial charge in [0.1, 0.15) is 5.82 Å². The number of methoxy groups -OCH3 is 2. The fourth-order valence-corrected chi connectivity index (χ4v) is 2.19. The normalized spacial score (nSPS) is 10.7. The molecule has 126 valence electrons. The number of ketones is 1. The second-order valence-electron chi connectivity index (χ2n) is 4.90. The van der Waals surface area contributed by atoms with Crippen LogP contribution in [0.25, 0.3) is 6.08 Å². The van der Waals surface area contributed by atoms with Crippen molar-refractivity contribution in [2.75, 3.05) is 20.8 Å². The summed E-state index contributed by atoms with van der Waals surface area (Å²) in [7, 11) is 3.06. The summed E-state index contributed by atoms with van der Waals surface area (Å²) in [4.78, 5) is 12.1. The fourth-order valence-electron chi connectivity index (χ4n) is 2.19. The summed E-state index contributed by atoms with van der Waals surface area (Å²) in [6, 6.07) is 9.04. The molecule has 0 N–H and O–H groups in total. The Morgan fingerprint density at radius 3 is 2.33 bits per heavy atom. The number of hydrogen-bond donors (Lipinski definition) is 0. The van der Waals surface area contributed by atoms with Gasteiger partial charge in [-0.05, 0) is 42.8 Å². The highest BCUT2D eigenvalue weighted by atomic mass is 19.1. The Bertz CT molecular complexity index is 728. The van der Waals surface area contributed by atoms with Crippen LogP contribution in [0, 0.1) is 5.82 Å². The topological polar surface area (TPSA) is 44.8 Å². The van der Waals surface area contributed by atoms with E-state index in [1.807, 2.05) is 6.92 Å². The van der Waals surface area contributed by atoms with Crippen LogP contribution in [0.4, 0.5) is 4.39 Å². The van der Waals surface area contributed by atoms with E-state index in [1.54, 1.807) is 24.3 Å². The summed E-state index contributed by atoms with van der Waals surface area (Å²) < 4.78 is 29.3. The lowest BCUT2D eigenvalue weighted by atomic mass is 10.1. The highest BCUT2D eigenvalue weighted by molar-refractivity contribution is 6.06. The average molecular weight is 330 g/mol. The molecule has 2 rings (SSSR count). The Hall–Kier alpha value is -2.82. The molecule has 2 aromatic carbocycles. The molecular weight excluding hydrogens is 311 g/mol. The minimum atomic E-state index is -0.446. The minimum absolute atomic E-state index is 0.288. The molecule has 5 heteroatoms. The number of rotatable bonds is 7. The molecule has 0 aliphatic rings. The zero-order valence-corrected chi connectivity index (χ0v) is 13.8. The Balaban J connectivity index is 2.30. The lowest BCUT2D eigenvalue weighted by molar-refractivity contribution is 0.104. The van der Waals surface area contributed by atoms with Gasteiger partial charge in [0.25, 0.3) is 0 Å². The van der Waals surface area contributed by atoms with E-state index >= 15 is 0 Å². The summed E-state index contributed by atoms with van der Waals surface area (Å²) in [5, 5.41) is 0. The largest absolute Gasteiger partial charge is 0.493 e. The van der Waals surface area contributed by atoms with Gasteiger partial charge < -0.3 is 14.2 Å². The summed E-state index contributed by atoms with van der Waals surface area (Å²) in [5.74, 6) is 0.791. The van der Waals surface area contributed by atoms with Gasteiger partial charge in [0.2, 0.25) is 5.75 Å². The van der Waals surface area contributed by atoms with E-state index in [4.69, 9.17) is 14.2 Å². The van der Waals surface area contributed by atoms with Crippen LogP contribution < -0.4 is 14.2 Å². The monoisotopic (exact) mass is 330 g/mol. The van der Waals surface area contributed by atoms with Gasteiger partial charge in [0.15, 0.2) is 17.3 Å². The molecule has 0 unspecified atom stereocenters. The minimum Gasteiger partial charge on any atom is -0.493 e. The van der Waals surface area contributed by atoms with Gasteiger partial charge in [-0.2, -0.15) is 0 Å². The molecule has 0 radical (unpaired) electrons. The molecule has 0 atom stereocenters. The predicted molar refractivity (Wildman–Crippen MR) is 90.5 cm³/mol. The quantitative estimate of drug-likeness (QED) is 0.565.